The lowest BCUT2D eigenvalue weighted by molar-refractivity contribution is 0.0909. The number of aromatic nitrogens is 3. The second-order valence-electron chi connectivity index (χ2n) is 6.63. The molecule has 3 aromatic rings. The number of aryl methyl sites for hydroxylation is 2. The summed E-state index contributed by atoms with van der Waals surface area (Å²) in [6.07, 6.45) is 7.02. The van der Waals surface area contributed by atoms with Crippen LogP contribution in [0.25, 0.3) is 5.65 Å². The number of amides is 1. The maximum absolute atomic E-state index is 12.8. The largest absolute Gasteiger partial charge is 0.342 e. The highest BCUT2D eigenvalue weighted by atomic mass is 16.2. The summed E-state index contributed by atoms with van der Waals surface area (Å²) in [5.74, 6) is 2.33. The van der Waals surface area contributed by atoms with Crippen molar-refractivity contribution in [1.29, 1.82) is 0 Å². The van der Waals surface area contributed by atoms with Crippen LogP contribution in [0.3, 0.4) is 0 Å². The molecule has 0 bridgehead atoms. The molecule has 1 aromatic carbocycles. The normalized spacial score (nSPS) is 11.3. The Balaban J connectivity index is 1.92. The van der Waals surface area contributed by atoms with Gasteiger partial charge in [0.25, 0.3) is 5.91 Å². The van der Waals surface area contributed by atoms with Gasteiger partial charge in [-0.15, -0.1) is 6.42 Å². The number of terminal acetylenes is 1. The molecule has 0 saturated heterocycles. The fourth-order valence-corrected chi connectivity index (χ4v) is 2.84. The van der Waals surface area contributed by atoms with Gasteiger partial charge in [0.05, 0.1) is 5.54 Å². The van der Waals surface area contributed by atoms with Gasteiger partial charge in [-0.3, -0.25) is 9.20 Å². The van der Waals surface area contributed by atoms with E-state index in [0.29, 0.717) is 11.3 Å². The number of nitrogens with zero attached hydrogens (tertiary/aromatic N) is 3. The van der Waals surface area contributed by atoms with Crippen molar-refractivity contribution in [3.8, 4) is 12.3 Å². The van der Waals surface area contributed by atoms with Gasteiger partial charge >= 0.3 is 0 Å². The molecule has 1 amide bonds. The van der Waals surface area contributed by atoms with E-state index in [-0.39, 0.29) is 5.91 Å². The number of nitrogens with one attached hydrogen (secondary N) is 1. The van der Waals surface area contributed by atoms with Gasteiger partial charge in [-0.2, -0.15) is 0 Å². The molecule has 1 N–H and O–H groups in total. The van der Waals surface area contributed by atoms with Crippen LogP contribution in [0, 0.1) is 26.2 Å². The fraction of sp³-hybridized carbons (Fsp3) is 0.250. The predicted octanol–water partition coefficient (Wildman–Crippen LogP) is 2.99. The van der Waals surface area contributed by atoms with E-state index in [1.807, 2.05) is 62.4 Å². The van der Waals surface area contributed by atoms with Crippen LogP contribution in [0.15, 0.2) is 36.7 Å². The molecular formula is C20H20N4O. The van der Waals surface area contributed by atoms with Crippen molar-refractivity contribution in [3.63, 3.8) is 0 Å². The van der Waals surface area contributed by atoms with Gasteiger partial charge in [-0.05, 0) is 51.5 Å². The summed E-state index contributed by atoms with van der Waals surface area (Å²) >= 11 is 0. The Morgan fingerprint density at radius 3 is 2.56 bits per heavy atom. The van der Waals surface area contributed by atoms with Crippen LogP contribution in [0.2, 0.25) is 0 Å². The zero-order valence-corrected chi connectivity index (χ0v) is 14.8. The minimum absolute atomic E-state index is 0.258. The summed E-state index contributed by atoms with van der Waals surface area (Å²) in [7, 11) is 0. The summed E-state index contributed by atoms with van der Waals surface area (Å²) in [6, 6.07) is 9.53. The van der Waals surface area contributed by atoms with Crippen LogP contribution in [-0.2, 0) is 5.54 Å². The molecule has 0 unspecified atom stereocenters. The zero-order valence-electron chi connectivity index (χ0n) is 14.8. The number of hydrogen-bond donors (Lipinski definition) is 1. The first-order chi connectivity index (χ1) is 11.8. The molecule has 0 aliphatic carbocycles. The molecule has 5 heteroatoms. The number of hydrogen-bond acceptors (Lipinski definition) is 3. The molecule has 0 aliphatic rings. The molecule has 0 aliphatic heterocycles. The zero-order chi connectivity index (χ0) is 18.2. The van der Waals surface area contributed by atoms with E-state index in [4.69, 9.17) is 6.42 Å². The lowest BCUT2D eigenvalue weighted by atomic mass is 9.93. The van der Waals surface area contributed by atoms with Gasteiger partial charge in [-0.1, -0.05) is 18.1 Å². The third-order valence-corrected chi connectivity index (χ3v) is 4.24. The van der Waals surface area contributed by atoms with Crippen molar-refractivity contribution in [2.24, 2.45) is 0 Å². The van der Waals surface area contributed by atoms with Crippen molar-refractivity contribution < 1.29 is 4.79 Å². The molecule has 0 saturated carbocycles. The number of benzene rings is 1. The summed E-state index contributed by atoms with van der Waals surface area (Å²) in [4.78, 5) is 21.5. The maximum atomic E-state index is 12.8. The van der Waals surface area contributed by atoms with Gasteiger partial charge in [0.1, 0.15) is 6.33 Å². The monoisotopic (exact) mass is 332 g/mol. The lowest BCUT2D eigenvalue weighted by Crippen LogP contribution is -2.41. The molecule has 5 nitrogen and oxygen atoms in total. The molecule has 0 atom stereocenters. The Bertz CT molecular complexity index is 991. The van der Waals surface area contributed by atoms with Gasteiger partial charge < -0.3 is 5.32 Å². The van der Waals surface area contributed by atoms with E-state index in [1.54, 1.807) is 6.33 Å². The first-order valence-electron chi connectivity index (χ1n) is 8.03. The fourth-order valence-electron chi connectivity index (χ4n) is 2.84. The Labute approximate surface area is 147 Å². The lowest BCUT2D eigenvalue weighted by Gasteiger charge is -2.26. The van der Waals surface area contributed by atoms with E-state index < -0.39 is 5.54 Å². The summed E-state index contributed by atoms with van der Waals surface area (Å²) in [5.41, 5.74) is 3.92. The first kappa shape index (κ1) is 16.7. The molecule has 0 fully saturated rings. The topological polar surface area (TPSA) is 59.3 Å². The third kappa shape index (κ3) is 3.11. The SMILES string of the molecule is C#Cc1ccc(C(C)(C)NC(=O)c2ncn3c(C)cc(C)nc23)cc1. The highest BCUT2D eigenvalue weighted by molar-refractivity contribution is 5.98. The predicted molar refractivity (Wildman–Crippen MR) is 97.3 cm³/mol. The van der Waals surface area contributed by atoms with E-state index in [2.05, 4.69) is 21.2 Å². The maximum Gasteiger partial charge on any atom is 0.274 e. The highest BCUT2D eigenvalue weighted by Gasteiger charge is 2.26. The van der Waals surface area contributed by atoms with Crippen LogP contribution < -0.4 is 5.32 Å². The minimum Gasteiger partial charge on any atom is -0.342 e. The van der Waals surface area contributed by atoms with Crippen LogP contribution in [0.4, 0.5) is 0 Å². The number of carbonyl (C=O) groups is 1. The van der Waals surface area contributed by atoms with Crippen molar-refractivity contribution in [3.05, 3.63) is 64.9 Å². The Morgan fingerprint density at radius 1 is 1.24 bits per heavy atom. The molecular weight excluding hydrogens is 312 g/mol. The summed E-state index contributed by atoms with van der Waals surface area (Å²) < 4.78 is 1.82. The van der Waals surface area contributed by atoms with Gasteiger partial charge in [0, 0.05) is 17.0 Å². The molecule has 2 heterocycles. The van der Waals surface area contributed by atoms with E-state index >= 15 is 0 Å². The quantitative estimate of drug-likeness (QED) is 0.750. The van der Waals surface area contributed by atoms with Crippen molar-refractivity contribution in [1.82, 2.24) is 19.7 Å². The molecule has 2 aromatic heterocycles. The average Bonchev–Trinajstić information content (AvgIpc) is 2.98. The average molecular weight is 332 g/mol. The Morgan fingerprint density at radius 2 is 1.92 bits per heavy atom. The second-order valence-corrected chi connectivity index (χ2v) is 6.63. The number of imidazole rings is 1. The van der Waals surface area contributed by atoms with Crippen molar-refractivity contribution in [2.45, 2.75) is 33.2 Å². The van der Waals surface area contributed by atoms with Gasteiger partial charge in [-0.25, -0.2) is 9.97 Å². The van der Waals surface area contributed by atoms with Crippen LogP contribution in [0.5, 0.6) is 0 Å². The van der Waals surface area contributed by atoms with Crippen LogP contribution >= 0.6 is 0 Å². The van der Waals surface area contributed by atoms with Gasteiger partial charge in [0.15, 0.2) is 11.3 Å². The van der Waals surface area contributed by atoms with Crippen LogP contribution in [0.1, 0.15) is 46.9 Å². The highest BCUT2D eigenvalue weighted by Crippen LogP contribution is 2.21. The Kier molecular flexibility index (Phi) is 4.05. The number of carbonyl (C=O) groups excluding carboxylic acids is 1. The number of rotatable bonds is 3. The second kappa shape index (κ2) is 6.06. The molecule has 126 valence electrons. The molecule has 3 rings (SSSR count). The van der Waals surface area contributed by atoms with E-state index in [0.717, 1.165) is 22.5 Å². The van der Waals surface area contributed by atoms with Crippen LogP contribution in [-0.4, -0.2) is 20.3 Å². The Hall–Kier alpha value is -3.13. The smallest absolute Gasteiger partial charge is 0.274 e. The standard InChI is InChI=1S/C20H20N4O/c1-6-15-7-9-16(10-8-15)20(4,5)23-19(25)17-18-22-13(2)11-14(3)24(18)12-21-17/h1,7-12H,2-5H3,(H,23,25). The molecule has 25 heavy (non-hydrogen) atoms. The minimum atomic E-state index is -0.570. The van der Waals surface area contributed by atoms with E-state index in [1.165, 1.54) is 0 Å². The third-order valence-electron chi connectivity index (χ3n) is 4.24. The summed E-state index contributed by atoms with van der Waals surface area (Å²) in [6.45, 7) is 7.75. The first-order valence-corrected chi connectivity index (χ1v) is 8.03. The van der Waals surface area contributed by atoms with E-state index in [9.17, 15) is 4.79 Å². The number of fused-ring (bicyclic) bond motifs is 1. The van der Waals surface area contributed by atoms with Crippen molar-refractivity contribution >= 4 is 11.6 Å². The summed E-state index contributed by atoms with van der Waals surface area (Å²) in [5, 5.41) is 3.04. The van der Waals surface area contributed by atoms with Gasteiger partial charge in [0.2, 0.25) is 0 Å². The molecule has 0 spiro atoms. The molecule has 0 radical (unpaired) electrons. The van der Waals surface area contributed by atoms with Crippen molar-refractivity contribution in [2.75, 3.05) is 0 Å².